The Bertz CT molecular complexity index is 637. The molecule has 1 aliphatic carbocycles. The van der Waals surface area contributed by atoms with Gasteiger partial charge in [0.05, 0.1) is 12.7 Å². The maximum Gasteiger partial charge on any atom is 0.250 e. The highest BCUT2D eigenvalue weighted by atomic mass is 19.1. The van der Waals surface area contributed by atoms with Crippen molar-refractivity contribution in [2.24, 2.45) is 11.3 Å². The van der Waals surface area contributed by atoms with Crippen molar-refractivity contribution in [2.45, 2.75) is 44.6 Å². The van der Waals surface area contributed by atoms with Gasteiger partial charge in [-0.1, -0.05) is 0 Å². The lowest BCUT2D eigenvalue weighted by atomic mass is 9.73. The smallest absolute Gasteiger partial charge is 0.250 e. The Morgan fingerprint density at radius 1 is 1.44 bits per heavy atom. The first kappa shape index (κ1) is 16.8. The second-order valence-corrected chi connectivity index (χ2v) is 7.66. The number of piperidine rings is 1. The lowest BCUT2D eigenvalue weighted by Gasteiger charge is -2.50. The van der Waals surface area contributed by atoms with Crippen LogP contribution in [-0.4, -0.2) is 48.2 Å². The van der Waals surface area contributed by atoms with Gasteiger partial charge in [-0.2, -0.15) is 0 Å². The Morgan fingerprint density at radius 3 is 3.12 bits per heavy atom. The number of fused-ring (bicyclic) bond motifs is 1. The molecule has 0 bridgehead atoms. The van der Waals surface area contributed by atoms with Gasteiger partial charge in [-0.15, -0.1) is 0 Å². The molecule has 25 heavy (non-hydrogen) atoms. The number of carbonyl (C=O) groups excluding carboxylic acids is 1. The number of ether oxygens (including phenoxy) is 2. The van der Waals surface area contributed by atoms with Crippen LogP contribution in [-0.2, 0) is 9.53 Å². The van der Waals surface area contributed by atoms with Crippen molar-refractivity contribution in [3.8, 4) is 5.88 Å². The Kier molecular flexibility index (Phi) is 4.63. The highest BCUT2D eigenvalue weighted by Gasteiger charge is 2.48. The lowest BCUT2D eigenvalue weighted by molar-refractivity contribution is -0.158. The zero-order valence-corrected chi connectivity index (χ0v) is 14.5. The molecule has 1 aromatic heterocycles. The van der Waals surface area contributed by atoms with Crippen LogP contribution in [0.5, 0.6) is 5.88 Å². The standard InChI is InChI=1S/C19H25FN2O3/c20-15-3-1-8-21-18(15)25-13-19-7-2-10-24-16(19)6-9-22(12-19)17(23)11-14-4-5-14/h1,3,8,14,16H,2,4-7,9-13H2/t16-,19+/m0/s1. The monoisotopic (exact) mass is 348 g/mol. The Hall–Kier alpha value is -1.69. The molecule has 2 atom stereocenters. The Morgan fingerprint density at radius 2 is 2.32 bits per heavy atom. The molecule has 0 radical (unpaired) electrons. The van der Waals surface area contributed by atoms with E-state index in [9.17, 15) is 9.18 Å². The van der Waals surface area contributed by atoms with Crippen LogP contribution in [0.25, 0.3) is 0 Å². The average Bonchev–Trinajstić information content (AvgIpc) is 3.44. The van der Waals surface area contributed by atoms with Crippen molar-refractivity contribution in [1.82, 2.24) is 9.88 Å². The molecule has 3 heterocycles. The van der Waals surface area contributed by atoms with Gasteiger partial charge in [0, 0.05) is 37.7 Å². The van der Waals surface area contributed by atoms with Crippen LogP contribution in [0.3, 0.4) is 0 Å². The van der Waals surface area contributed by atoms with Gasteiger partial charge in [-0.25, -0.2) is 9.37 Å². The van der Waals surface area contributed by atoms with Gasteiger partial charge >= 0.3 is 0 Å². The number of hydrogen-bond acceptors (Lipinski definition) is 4. The highest BCUT2D eigenvalue weighted by Crippen LogP contribution is 2.41. The maximum atomic E-state index is 13.8. The minimum Gasteiger partial charge on any atom is -0.475 e. The van der Waals surface area contributed by atoms with Crippen LogP contribution < -0.4 is 4.74 Å². The second-order valence-electron chi connectivity index (χ2n) is 7.66. The molecule has 1 aromatic rings. The first-order valence-corrected chi connectivity index (χ1v) is 9.29. The third-order valence-corrected chi connectivity index (χ3v) is 5.72. The molecule has 2 saturated heterocycles. The molecule has 0 aromatic carbocycles. The van der Waals surface area contributed by atoms with Gasteiger partial charge in [0.2, 0.25) is 11.8 Å². The number of nitrogens with zero attached hydrogens (tertiary/aromatic N) is 2. The summed E-state index contributed by atoms with van der Waals surface area (Å²) in [6, 6.07) is 2.90. The molecular formula is C19H25FN2O3. The SMILES string of the molecule is O=C(CC1CC1)N1CC[C@@H]2OCCC[C@]2(COc2ncccc2F)C1. The topological polar surface area (TPSA) is 51.7 Å². The van der Waals surface area contributed by atoms with Crippen LogP contribution in [0.2, 0.25) is 0 Å². The fraction of sp³-hybridized carbons (Fsp3) is 0.684. The van der Waals surface area contributed by atoms with Crippen molar-refractivity contribution in [3.05, 3.63) is 24.1 Å². The minimum absolute atomic E-state index is 0.0302. The van der Waals surface area contributed by atoms with Crippen molar-refractivity contribution in [1.29, 1.82) is 0 Å². The molecule has 1 saturated carbocycles. The number of halogens is 1. The van der Waals surface area contributed by atoms with Gasteiger partial charge in [0.25, 0.3) is 0 Å². The fourth-order valence-electron chi connectivity index (χ4n) is 4.10. The number of likely N-dealkylation sites (tertiary alicyclic amines) is 1. The first-order chi connectivity index (χ1) is 12.2. The van der Waals surface area contributed by atoms with E-state index in [-0.39, 0.29) is 23.3 Å². The molecule has 0 spiro atoms. The number of rotatable bonds is 5. The zero-order valence-electron chi connectivity index (χ0n) is 14.5. The van der Waals surface area contributed by atoms with Crippen molar-refractivity contribution < 1.29 is 18.7 Å². The van der Waals surface area contributed by atoms with Crippen molar-refractivity contribution in [2.75, 3.05) is 26.3 Å². The van der Waals surface area contributed by atoms with Crippen LogP contribution in [0.15, 0.2) is 18.3 Å². The van der Waals surface area contributed by atoms with Crippen LogP contribution in [0.4, 0.5) is 4.39 Å². The van der Waals surface area contributed by atoms with E-state index < -0.39 is 5.82 Å². The average molecular weight is 348 g/mol. The molecule has 4 rings (SSSR count). The molecule has 6 heteroatoms. The molecule has 5 nitrogen and oxygen atoms in total. The molecule has 3 fully saturated rings. The largest absolute Gasteiger partial charge is 0.475 e. The Labute approximate surface area is 147 Å². The summed E-state index contributed by atoms with van der Waals surface area (Å²) >= 11 is 0. The molecule has 1 amide bonds. The number of hydrogen-bond donors (Lipinski definition) is 0. The van der Waals surface area contributed by atoms with Crippen LogP contribution in [0, 0.1) is 17.2 Å². The van der Waals surface area contributed by atoms with E-state index in [0.29, 0.717) is 25.5 Å². The molecular weight excluding hydrogens is 323 g/mol. The van der Waals surface area contributed by atoms with E-state index in [0.717, 1.165) is 32.4 Å². The van der Waals surface area contributed by atoms with Gasteiger partial charge < -0.3 is 14.4 Å². The summed E-state index contributed by atoms with van der Waals surface area (Å²) in [5.74, 6) is 0.407. The van der Waals surface area contributed by atoms with E-state index in [4.69, 9.17) is 9.47 Å². The number of pyridine rings is 1. The van der Waals surface area contributed by atoms with E-state index >= 15 is 0 Å². The fourth-order valence-corrected chi connectivity index (χ4v) is 4.10. The predicted octanol–water partition coefficient (Wildman–Crippen LogP) is 2.80. The normalized spacial score (nSPS) is 29.2. The lowest BCUT2D eigenvalue weighted by Crippen LogP contribution is -2.58. The van der Waals surface area contributed by atoms with Gasteiger partial charge in [-0.05, 0) is 50.2 Å². The number of amides is 1. The van der Waals surface area contributed by atoms with Gasteiger partial charge in [-0.3, -0.25) is 4.79 Å². The van der Waals surface area contributed by atoms with E-state index in [2.05, 4.69) is 4.98 Å². The summed E-state index contributed by atoms with van der Waals surface area (Å²) in [6.45, 7) is 2.47. The second kappa shape index (κ2) is 6.90. The first-order valence-electron chi connectivity index (χ1n) is 9.29. The third-order valence-electron chi connectivity index (χ3n) is 5.72. The van der Waals surface area contributed by atoms with Crippen molar-refractivity contribution >= 4 is 5.91 Å². The van der Waals surface area contributed by atoms with Crippen LogP contribution >= 0.6 is 0 Å². The molecule has 3 aliphatic rings. The minimum atomic E-state index is -0.454. The summed E-state index contributed by atoms with van der Waals surface area (Å²) in [4.78, 5) is 18.5. The zero-order chi connectivity index (χ0) is 17.3. The molecule has 0 N–H and O–H groups in total. The highest BCUT2D eigenvalue weighted by molar-refractivity contribution is 5.77. The quantitative estimate of drug-likeness (QED) is 0.821. The summed E-state index contributed by atoms with van der Waals surface area (Å²) in [5, 5.41) is 0. The predicted molar refractivity (Wildman–Crippen MR) is 89.6 cm³/mol. The number of carbonyl (C=O) groups is 1. The third kappa shape index (κ3) is 3.64. The summed E-state index contributed by atoms with van der Waals surface area (Å²) in [5.41, 5.74) is -0.264. The van der Waals surface area contributed by atoms with Gasteiger partial charge in [0.1, 0.15) is 0 Å². The Balaban J connectivity index is 1.47. The maximum absolute atomic E-state index is 13.8. The van der Waals surface area contributed by atoms with E-state index in [1.54, 1.807) is 6.07 Å². The van der Waals surface area contributed by atoms with E-state index in [1.807, 2.05) is 4.90 Å². The number of aromatic nitrogens is 1. The summed E-state index contributed by atoms with van der Waals surface area (Å²) in [7, 11) is 0. The van der Waals surface area contributed by atoms with Gasteiger partial charge in [0.15, 0.2) is 5.82 Å². The molecule has 2 aliphatic heterocycles. The molecule has 136 valence electrons. The summed E-state index contributed by atoms with van der Waals surface area (Å²) < 4.78 is 25.6. The van der Waals surface area contributed by atoms with E-state index in [1.165, 1.54) is 25.1 Å². The van der Waals surface area contributed by atoms with Crippen LogP contribution in [0.1, 0.15) is 38.5 Å². The molecule has 0 unspecified atom stereocenters. The van der Waals surface area contributed by atoms with Crippen molar-refractivity contribution in [3.63, 3.8) is 0 Å². The summed E-state index contributed by atoms with van der Waals surface area (Å²) in [6.07, 6.45) is 7.31.